The highest BCUT2D eigenvalue weighted by atomic mass is 35.5. The summed E-state index contributed by atoms with van der Waals surface area (Å²) in [4.78, 5) is 15.7. The van der Waals surface area contributed by atoms with Crippen molar-refractivity contribution in [1.82, 2.24) is 9.55 Å². The third-order valence-electron chi connectivity index (χ3n) is 5.11. The van der Waals surface area contributed by atoms with Crippen molar-refractivity contribution in [3.63, 3.8) is 0 Å². The second-order valence-electron chi connectivity index (χ2n) is 7.41. The van der Waals surface area contributed by atoms with Gasteiger partial charge in [0.05, 0.1) is 17.6 Å². The van der Waals surface area contributed by atoms with Crippen molar-refractivity contribution >= 4 is 51.8 Å². The van der Waals surface area contributed by atoms with E-state index in [-0.39, 0.29) is 0 Å². The number of pyridine rings is 1. The molecular weight excluding hydrogens is 487 g/mol. The third-order valence-corrected chi connectivity index (χ3v) is 5.95. The SMILES string of the molecule is Cc1c(Oc2ccc(Cl)cc2)c2ccc(Cl)nc2n1Cc1cc(OC(C)C(=O)O)ccc1Cl. The van der Waals surface area contributed by atoms with Crippen molar-refractivity contribution in [2.24, 2.45) is 0 Å². The molecule has 0 fully saturated rings. The minimum absolute atomic E-state index is 0.344. The largest absolute Gasteiger partial charge is 0.479 e. The lowest BCUT2D eigenvalue weighted by Crippen LogP contribution is -2.22. The summed E-state index contributed by atoms with van der Waals surface area (Å²) in [6.45, 7) is 3.73. The number of ether oxygens (including phenoxy) is 2. The van der Waals surface area contributed by atoms with Gasteiger partial charge in [0.2, 0.25) is 0 Å². The summed E-state index contributed by atoms with van der Waals surface area (Å²) < 4.78 is 13.6. The molecule has 0 radical (unpaired) electrons. The molecule has 6 nitrogen and oxygen atoms in total. The molecule has 2 heterocycles. The number of carboxylic acids is 1. The van der Waals surface area contributed by atoms with E-state index in [1.54, 1.807) is 48.5 Å². The molecule has 0 aliphatic carbocycles. The van der Waals surface area contributed by atoms with E-state index in [1.807, 2.05) is 17.6 Å². The van der Waals surface area contributed by atoms with Gasteiger partial charge in [0.25, 0.3) is 0 Å². The molecule has 0 spiro atoms. The van der Waals surface area contributed by atoms with Crippen molar-refractivity contribution in [3.8, 4) is 17.2 Å². The topological polar surface area (TPSA) is 73.6 Å². The molecule has 1 atom stereocenters. The predicted molar refractivity (Wildman–Crippen MR) is 129 cm³/mol. The van der Waals surface area contributed by atoms with Gasteiger partial charge in [-0.1, -0.05) is 34.8 Å². The molecule has 0 saturated carbocycles. The fourth-order valence-electron chi connectivity index (χ4n) is 3.40. The van der Waals surface area contributed by atoms with Gasteiger partial charge >= 0.3 is 5.97 Å². The van der Waals surface area contributed by atoms with Gasteiger partial charge in [-0.25, -0.2) is 9.78 Å². The molecule has 2 aromatic carbocycles. The summed E-state index contributed by atoms with van der Waals surface area (Å²) in [5, 5.41) is 11.4. The number of carboxylic acid groups (broad SMARTS) is 1. The van der Waals surface area contributed by atoms with Crippen molar-refractivity contribution in [2.75, 3.05) is 0 Å². The average Bonchev–Trinajstić information content (AvgIpc) is 3.02. The quantitative estimate of drug-likeness (QED) is 0.274. The standard InChI is InChI=1S/C24H19Cl3N2O4/c1-13-22(33-17-5-3-16(25)4-6-17)19-8-10-21(27)28-23(19)29(13)12-15-11-18(7-9-20(15)26)32-14(2)24(30)31/h3-11,14H,12H2,1-2H3,(H,30,31). The Morgan fingerprint density at radius 2 is 1.76 bits per heavy atom. The molecule has 9 heteroatoms. The van der Waals surface area contributed by atoms with Crippen LogP contribution in [0.25, 0.3) is 11.0 Å². The smallest absolute Gasteiger partial charge is 0.344 e. The van der Waals surface area contributed by atoms with Gasteiger partial charge in [0.1, 0.15) is 22.3 Å². The second kappa shape index (κ2) is 9.51. The van der Waals surface area contributed by atoms with Crippen molar-refractivity contribution in [2.45, 2.75) is 26.5 Å². The maximum absolute atomic E-state index is 11.1. The van der Waals surface area contributed by atoms with Crippen LogP contribution in [0.2, 0.25) is 15.2 Å². The van der Waals surface area contributed by atoms with E-state index in [0.717, 1.165) is 16.6 Å². The number of benzene rings is 2. The van der Waals surface area contributed by atoms with Crippen LogP contribution < -0.4 is 9.47 Å². The van der Waals surface area contributed by atoms with Crippen LogP contribution in [0.3, 0.4) is 0 Å². The van der Waals surface area contributed by atoms with Crippen molar-refractivity contribution in [1.29, 1.82) is 0 Å². The molecule has 0 bridgehead atoms. The van der Waals surface area contributed by atoms with Crippen LogP contribution in [0.15, 0.2) is 54.6 Å². The second-order valence-corrected chi connectivity index (χ2v) is 8.64. The molecule has 0 aliphatic rings. The molecule has 0 aliphatic heterocycles. The molecule has 0 saturated heterocycles. The van der Waals surface area contributed by atoms with Gasteiger partial charge in [-0.05, 0) is 74.0 Å². The number of aromatic nitrogens is 2. The predicted octanol–water partition coefficient (Wildman–Crippen LogP) is 7.00. The molecule has 2 aromatic heterocycles. The number of fused-ring (bicyclic) bond motifs is 1. The van der Waals surface area contributed by atoms with Crippen LogP contribution in [-0.4, -0.2) is 26.7 Å². The summed E-state index contributed by atoms with van der Waals surface area (Å²) in [5.74, 6) is 0.621. The van der Waals surface area contributed by atoms with Gasteiger partial charge in [-0.2, -0.15) is 0 Å². The van der Waals surface area contributed by atoms with Gasteiger partial charge < -0.3 is 19.1 Å². The minimum Gasteiger partial charge on any atom is -0.479 e. The fraction of sp³-hybridized carbons (Fsp3) is 0.167. The number of halogens is 3. The number of hydrogen-bond donors (Lipinski definition) is 1. The molecule has 4 aromatic rings. The third kappa shape index (κ3) is 5.03. The molecule has 4 rings (SSSR count). The van der Waals surface area contributed by atoms with E-state index < -0.39 is 12.1 Å². The summed E-state index contributed by atoms with van der Waals surface area (Å²) in [6, 6.07) is 15.7. The zero-order valence-electron chi connectivity index (χ0n) is 17.7. The zero-order chi connectivity index (χ0) is 23.7. The number of aliphatic carboxylic acids is 1. The lowest BCUT2D eigenvalue weighted by atomic mass is 10.2. The van der Waals surface area contributed by atoms with E-state index >= 15 is 0 Å². The van der Waals surface area contributed by atoms with Crippen LogP contribution in [0, 0.1) is 6.92 Å². The molecule has 170 valence electrons. The Morgan fingerprint density at radius 3 is 2.45 bits per heavy atom. The van der Waals surface area contributed by atoms with E-state index in [9.17, 15) is 4.79 Å². The van der Waals surface area contributed by atoms with Gasteiger partial charge in [-0.3, -0.25) is 0 Å². The van der Waals surface area contributed by atoms with Gasteiger partial charge in [0.15, 0.2) is 11.9 Å². The Labute approximate surface area is 205 Å². The first-order valence-electron chi connectivity index (χ1n) is 9.99. The normalized spacial score (nSPS) is 12.0. The molecule has 1 N–H and O–H groups in total. The molecule has 0 amide bonds. The Hall–Kier alpha value is -2.93. The highest BCUT2D eigenvalue weighted by Crippen LogP contribution is 2.37. The highest BCUT2D eigenvalue weighted by Gasteiger charge is 2.20. The average molecular weight is 506 g/mol. The van der Waals surface area contributed by atoms with Crippen molar-refractivity contribution < 1.29 is 19.4 Å². The van der Waals surface area contributed by atoms with Crippen LogP contribution in [-0.2, 0) is 11.3 Å². The number of hydrogen-bond acceptors (Lipinski definition) is 4. The lowest BCUT2D eigenvalue weighted by molar-refractivity contribution is -0.144. The lowest BCUT2D eigenvalue weighted by Gasteiger charge is -2.14. The maximum atomic E-state index is 11.1. The highest BCUT2D eigenvalue weighted by molar-refractivity contribution is 6.31. The Morgan fingerprint density at radius 1 is 1.06 bits per heavy atom. The van der Waals surface area contributed by atoms with Crippen LogP contribution in [0.4, 0.5) is 0 Å². The van der Waals surface area contributed by atoms with Gasteiger partial charge in [-0.15, -0.1) is 0 Å². The van der Waals surface area contributed by atoms with E-state index in [2.05, 4.69) is 4.98 Å². The monoisotopic (exact) mass is 504 g/mol. The van der Waals surface area contributed by atoms with E-state index in [4.69, 9.17) is 49.4 Å². The van der Waals surface area contributed by atoms with E-state index in [0.29, 0.717) is 44.6 Å². The molecule has 33 heavy (non-hydrogen) atoms. The first kappa shape index (κ1) is 23.2. The molecular formula is C24H19Cl3N2O4. The van der Waals surface area contributed by atoms with Crippen LogP contribution in [0.5, 0.6) is 17.2 Å². The first-order valence-corrected chi connectivity index (χ1v) is 11.1. The van der Waals surface area contributed by atoms with Crippen LogP contribution >= 0.6 is 34.8 Å². The molecule has 1 unspecified atom stereocenters. The number of rotatable bonds is 7. The van der Waals surface area contributed by atoms with Crippen LogP contribution in [0.1, 0.15) is 18.2 Å². The summed E-state index contributed by atoms with van der Waals surface area (Å²) >= 11 is 18.6. The maximum Gasteiger partial charge on any atom is 0.344 e. The van der Waals surface area contributed by atoms with E-state index in [1.165, 1.54) is 6.92 Å². The minimum atomic E-state index is -1.05. The Kier molecular flexibility index (Phi) is 6.70. The first-order chi connectivity index (χ1) is 15.7. The Balaban J connectivity index is 1.75. The number of nitrogens with zero attached hydrogens (tertiary/aromatic N) is 2. The number of carbonyl (C=O) groups is 1. The summed E-state index contributed by atoms with van der Waals surface area (Å²) in [7, 11) is 0. The Bertz CT molecular complexity index is 1340. The zero-order valence-corrected chi connectivity index (χ0v) is 19.9. The van der Waals surface area contributed by atoms with Crippen molar-refractivity contribution in [3.05, 3.63) is 81.1 Å². The summed E-state index contributed by atoms with van der Waals surface area (Å²) in [5.41, 5.74) is 2.17. The fourth-order valence-corrected chi connectivity index (χ4v) is 3.84. The van der Waals surface area contributed by atoms with Gasteiger partial charge in [0, 0.05) is 10.0 Å². The summed E-state index contributed by atoms with van der Waals surface area (Å²) in [6.07, 6.45) is -0.993.